The van der Waals surface area contributed by atoms with E-state index < -0.39 is 11.6 Å². The van der Waals surface area contributed by atoms with Crippen LogP contribution in [0.15, 0.2) is 91.0 Å². The van der Waals surface area contributed by atoms with Gasteiger partial charge in [0.25, 0.3) is 0 Å². The number of nitrogens with zero attached hydrogens (tertiary/aromatic N) is 2. The Hall–Kier alpha value is -3.44. The van der Waals surface area contributed by atoms with Crippen LogP contribution in [0.1, 0.15) is 49.9 Å². The number of hydrogen-bond donors (Lipinski definition) is 0. The van der Waals surface area contributed by atoms with Gasteiger partial charge in [0.15, 0.2) is 0 Å². The minimum absolute atomic E-state index is 0.0235. The Morgan fingerprint density at radius 2 is 1.34 bits per heavy atom. The third-order valence-corrected chi connectivity index (χ3v) is 6.18. The Balaban J connectivity index is 1.68. The predicted molar refractivity (Wildman–Crippen MR) is 137 cm³/mol. The van der Waals surface area contributed by atoms with Gasteiger partial charge in [-0.2, -0.15) is 0 Å². The quantitative estimate of drug-likeness (QED) is 0.436. The Kier molecular flexibility index (Phi) is 7.67. The van der Waals surface area contributed by atoms with Gasteiger partial charge in [0.05, 0.1) is 12.5 Å². The van der Waals surface area contributed by atoms with Gasteiger partial charge in [-0.15, -0.1) is 0 Å². The summed E-state index contributed by atoms with van der Waals surface area (Å²) in [5.74, 6) is -0.400. The minimum atomic E-state index is -0.602. The Bertz CT molecular complexity index is 1110. The van der Waals surface area contributed by atoms with E-state index in [4.69, 9.17) is 4.74 Å². The number of hydrogen-bond acceptors (Lipinski definition) is 4. The monoisotopic (exact) mass is 470 g/mol. The number of benzene rings is 3. The fraction of sp³-hybridized carbons (Fsp3) is 0.333. The highest BCUT2D eigenvalue weighted by molar-refractivity contribution is 5.88. The maximum atomic E-state index is 14.1. The largest absolute Gasteiger partial charge is 0.460 e. The van der Waals surface area contributed by atoms with E-state index in [9.17, 15) is 9.59 Å². The van der Waals surface area contributed by atoms with Gasteiger partial charge in [-0.3, -0.25) is 14.5 Å². The first-order valence-electron chi connectivity index (χ1n) is 12.2. The summed E-state index contributed by atoms with van der Waals surface area (Å²) < 4.78 is 5.62. The fourth-order valence-corrected chi connectivity index (χ4v) is 4.63. The molecule has 0 aliphatic carbocycles. The smallest absolute Gasteiger partial charge is 0.308 e. The van der Waals surface area contributed by atoms with Gasteiger partial charge in [0.2, 0.25) is 5.91 Å². The van der Waals surface area contributed by atoms with Crippen molar-refractivity contribution in [2.24, 2.45) is 0 Å². The first-order chi connectivity index (χ1) is 16.8. The molecule has 0 radical (unpaired) electrons. The first-order valence-corrected chi connectivity index (χ1v) is 12.2. The molecule has 5 heteroatoms. The van der Waals surface area contributed by atoms with Gasteiger partial charge in [-0.25, -0.2) is 0 Å². The number of amides is 1. The van der Waals surface area contributed by atoms with Crippen molar-refractivity contribution in [2.45, 2.75) is 58.0 Å². The topological polar surface area (TPSA) is 49.9 Å². The van der Waals surface area contributed by atoms with Gasteiger partial charge >= 0.3 is 5.97 Å². The van der Waals surface area contributed by atoms with Gasteiger partial charge < -0.3 is 9.64 Å². The Labute approximate surface area is 208 Å². The van der Waals surface area contributed by atoms with Gasteiger partial charge in [-0.1, -0.05) is 91.0 Å². The van der Waals surface area contributed by atoms with Gasteiger partial charge in [0, 0.05) is 19.6 Å². The summed E-state index contributed by atoms with van der Waals surface area (Å²) in [5, 5.41) is 0. The molecule has 1 aliphatic rings. The zero-order chi connectivity index (χ0) is 24.8. The number of carbonyl (C=O) groups excluding carboxylic acids is 2. The molecule has 2 atom stereocenters. The molecule has 3 aromatic rings. The summed E-state index contributed by atoms with van der Waals surface area (Å²) in [6.07, 6.45) is 0.0235. The maximum absolute atomic E-state index is 14.1. The summed E-state index contributed by atoms with van der Waals surface area (Å²) in [7, 11) is 0. The second-order valence-electron chi connectivity index (χ2n) is 10.1. The average molecular weight is 471 g/mol. The second-order valence-corrected chi connectivity index (χ2v) is 10.1. The normalized spacial score (nSPS) is 18.9. The third-order valence-electron chi connectivity index (χ3n) is 6.18. The fourth-order valence-electron chi connectivity index (χ4n) is 4.63. The van der Waals surface area contributed by atoms with E-state index in [1.807, 2.05) is 92.4 Å². The molecule has 0 spiro atoms. The summed E-state index contributed by atoms with van der Waals surface area (Å²) in [6.45, 7) is 7.25. The molecule has 1 amide bonds. The summed E-state index contributed by atoms with van der Waals surface area (Å²) in [5.41, 5.74) is 2.66. The highest BCUT2D eigenvalue weighted by Gasteiger charge is 2.42. The molecule has 0 N–H and O–H groups in total. The molecule has 0 saturated carbocycles. The molecule has 4 rings (SSSR count). The van der Waals surface area contributed by atoms with Crippen molar-refractivity contribution in [3.63, 3.8) is 0 Å². The average Bonchev–Trinajstić information content (AvgIpc) is 2.84. The minimum Gasteiger partial charge on any atom is -0.460 e. The predicted octanol–water partition coefficient (Wildman–Crippen LogP) is 5.37. The van der Waals surface area contributed by atoms with E-state index in [1.54, 1.807) is 0 Å². The van der Waals surface area contributed by atoms with Gasteiger partial charge in [0.1, 0.15) is 11.6 Å². The highest BCUT2D eigenvalue weighted by Crippen LogP contribution is 2.33. The number of esters is 1. The van der Waals surface area contributed by atoms with Crippen LogP contribution in [0.5, 0.6) is 0 Å². The van der Waals surface area contributed by atoms with Crippen LogP contribution in [0.2, 0.25) is 0 Å². The highest BCUT2D eigenvalue weighted by atomic mass is 16.6. The molecule has 1 aliphatic heterocycles. The van der Waals surface area contributed by atoms with E-state index in [-0.39, 0.29) is 24.3 Å². The van der Waals surface area contributed by atoms with Crippen LogP contribution in [0.3, 0.4) is 0 Å². The summed E-state index contributed by atoms with van der Waals surface area (Å²) in [6, 6.07) is 29.6. The van der Waals surface area contributed by atoms with Crippen LogP contribution in [-0.2, 0) is 27.4 Å². The molecule has 0 aromatic heterocycles. The van der Waals surface area contributed by atoms with Crippen molar-refractivity contribution < 1.29 is 14.3 Å². The summed E-state index contributed by atoms with van der Waals surface area (Å²) in [4.78, 5) is 31.0. The lowest BCUT2D eigenvalue weighted by molar-refractivity contribution is -0.163. The van der Waals surface area contributed by atoms with Crippen LogP contribution < -0.4 is 0 Å². The Morgan fingerprint density at radius 3 is 1.89 bits per heavy atom. The molecule has 1 fully saturated rings. The van der Waals surface area contributed by atoms with Crippen LogP contribution in [-0.4, -0.2) is 39.9 Å². The number of rotatable bonds is 7. The van der Waals surface area contributed by atoms with Gasteiger partial charge in [-0.05, 0) is 37.5 Å². The SMILES string of the molecule is CC(C)(C)OC(=O)C[C@H]1C(=O)N(Cc2ccccc2)C(c2ccccc2)CN1Cc1ccccc1. The molecular weight excluding hydrogens is 436 g/mol. The van der Waals surface area contributed by atoms with E-state index in [2.05, 4.69) is 29.2 Å². The standard InChI is InChI=1S/C30H34N2O3/c1-30(2,3)35-28(33)19-26-29(34)32(21-24-15-9-5-10-16-24)27(25-17-11-6-12-18-25)22-31(26)20-23-13-7-4-8-14-23/h4-18,26-27H,19-22H2,1-3H3/t26-,27?/m0/s1. The zero-order valence-corrected chi connectivity index (χ0v) is 20.8. The number of carbonyl (C=O) groups is 2. The van der Waals surface area contributed by atoms with Crippen LogP contribution in [0.25, 0.3) is 0 Å². The van der Waals surface area contributed by atoms with E-state index in [0.29, 0.717) is 19.6 Å². The molecule has 35 heavy (non-hydrogen) atoms. The molecular formula is C30H34N2O3. The zero-order valence-electron chi connectivity index (χ0n) is 20.8. The number of piperazine rings is 1. The lowest BCUT2D eigenvalue weighted by Crippen LogP contribution is -2.58. The van der Waals surface area contributed by atoms with Crippen molar-refractivity contribution >= 4 is 11.9 Å². The summed E-state index contributed by atoms with van der Waals surface area (Å²) >= 11 is 0. The van der Waals surface area contributed by atoms with E-state index >= 15 is 0 Å². The third kappa shape index (κ3) is 6.58. The Morgan fingerprint density at radius 1 is 0.829 bits per heavy atom. The van der Waals surface area contributed by atoms with Crippen molar-refractivity contribution in [3.8, 4) is 0 Å². The van der Waals surface area contributed by atoms with Crippen LogP contribution in [0, 0.1) is 0 Å². The van der Waals surface area contributed by atoms with Crippen molar-refractivity contribution in [1.29, 1.82) is 0 Å². The van der Waals surface area contributed by atoms with Crippen LogP contribution >= 0.6 is 0 Å². The van der Waals surface area contributed by atoms with Crippen molar-refractivity contribution in [3.05, 3.63) is 108 Å². The van der Waals surface area contributed by atoms with Crippen LogP contribution in [0.4, 0.5) is 0 Å². The second kappa shape index (κ2) is 10.9. The van der Waals surface area contributed by atoms with E-state index in [1.165, 1.54) is 0 Å². The van der Waals surface area contributed by atoms with E-state index in [0.717, 1.165) is 16.7 Å². The molecule has 1 saturated heterocycles. The first kappa shape index (κ1) is 24.7. The van der Waals surface area contributed by atoms with Crippen molar-refractivity contribution in [2.75, 3.05) is 6.54 Å². The molecule has 0 bridgehead atoms. The molecule has 182 valence electrons. The molecule has 3 aromatic carbocycles. The lowest BCUT2D eigenvalue weighted by Gasteiger charge is -2.46. The molecule has 1 unspecified atom stereocenters. The molecule has 5 nitrogen and oxygen atoms in total. The van der Waals surface area contributed by atoms with Crippen molar-refractivity contribution in [1.82, 2.24) is 9.80 Å². The maximum Gasteiger partial charge on any atom is 0.308 e. The molecule has 1 heterocycles. The number of ether oxygens (including phenoxy) is 1. The lowest BCUT2D eigenvalue weighted by atomic mass is 9.95.